The first-order valence-corrected chi connectivity index (χ1v) is 11.7. The summed E-state index contributed by atoms with van der Waals surface area (Å²) >= 11 is 0. The van der Waals surface area contributed by atoms with Gasteiger partial charge in [0.15, 0.2) is 17.5 Å². The lowest BCUT2D eigenvalue weighted by molar-refractivity contribution is 0.216. The maximum Gasteiger partial charge on any atom is 0.194 e. The Balaban J connectivity index is 1.54. The van der Waals surface area contributed by atoms with Crippen LogP contribution >= 0.6 is 0 Å². The molecule has 1 saturated carbocycles. The van der Waals surface area contributed by atoms with E-state index >= 15 is 0 Å². The van der Waals surface area contributed by atoms with Crippen molar-refractivity contribution in [3.05, 3.63) is 35.1 Å². The van der Waals surface area contributed by atoms with Gasteiger partial charge in [0.1, 0.15) is 0 Å². The molecular formula is C20H29F3Si. The Kier molecular flexibility index (Phi) is 5.61. The zero-order chi connectivity index (χ0) is 18.0. The molecule has 2 fully saturated rings. The van der Waals surface area contributed by atoms with Crippen LogP contribution in [-0.4, -0.2) is 9.96 Å². The van der Waals surface area contributed by atoms with Crippen LogP contribution in [0.5, 0.6) is 0 Å². The Morgan fingerprint density at radius 2 is 1.50 bits per heavy atom. The lowest BCUT2D eigenvalue weighted by Crippen LogP contribution is -2.28. The SMILES string of the molecule is [2H][Si@]1(CCC)CC[C@H](C2CCC(c3cc(F)c(F)c(F)c3)CC2)CC1. The summed E-state index contributed by atoms with van der Waals surface area (Å²) in [6.07, 6.45) is 7.63. The third kappa shape index (κ3) is 4.06. The van der Waals surface area contributed by atoms with Gasteiger partial charge in [-0.25, -0.2) is 13.2 Å². The summed E-state index contributed by atoms with van der Waals surface area (Å²) in [6, 6.07) is 5.80. The van der Waals surface area contributed by atoms with E-state index in [1.165, 1.54) is 25.0 Å². The molecule has 1 aromatic rings. The minimum Gasteiger partial charge on any atom is -0.204 e. The van der Waals surface area contributed by atoms with Gasteiger partial charge in [0.05, 0.1) is 0 Å². The van der Waals surface area contributed by atoms with Gasteiger partial charge in [-0.1, -0.05) is 44.3 Å². The van der Waals surface area contributed by atoms with Crippen LogP contribution in [0.4, 0.5) is 13.2 Å². The molecule has 1 heterocycles. The number of hydrogen-bond acceptors (Lipinski definition) is 0. The molecule has 1 aliphatic heterocycles. The normalized spacial score (nSPS) is 34.8. The first-order chi connectivity index (χ1) is 11.9. The lowest BCUT2D eigenvalue weighted by atomic mass is 9.72. The average Bonchev–Trinajstić information content (AvgIpc) is 2.60. The molecule has 0 atom stereocenters. The fourth-order valence-electron chi connectivity index (χ4n) is 4.86. The van der Waals surface area contributed by atoms with Crippen LogP contribution in [-0.2, 0) is 0 Å². The average molecular weight is 356 g/mol. The van der Waals surface area contributed by atoms with Gasteiger partial charge in [-0.2, -0.15) is 0 Å². The third-order valence-corrected chi connectivity index (χ3v) is 9.46. The van der Waals surface area contributed by atoms with E-state index in [1.807, 2.05) is 0 Å². The monoisotopic (exact) mass is 355 g/mol. The van der Waals surface area contributed by atoms with Gasteiger partial charge in [0, 0.05) is 9.96 Å². The summed E-state index contributed by atoms with van der Waals surface area (Å²) in [4.78, 5) is 0. The smallest absolute Gasteiger partial charge is 0.194 e. The van der Waals surface area contributed by atoms with E-state index in [0.29, 0.717) is 11.5 Å². The Morgan fingerprint density at radius 3 is 2.04 bits per heavy atom. The van der Waals surface area contributed by atoms with Crippen LogP contribution < -0.4 is 0 Å². The van der Waals surface area contributed by atoms with Crippen LogP contribution in [0.3, 0.4) is 0 Å². The second-order valence-electron chi connectivity index (χ2n) is 7.75. The fraction of sp³-hybridized carbons (Fsp3) is 0.700. The van der Waals surface area contributed by atoms with Crippen molar-refractivity contribution in [3.63, 3.8) is 0 Å². The maximum absolute atomic E-state index is 13.5. The van der Waals surface area contributed by atoms with Crippen LogP contribution in [0.15, 0.2) is 12.1 Å². The highest BCUT2D eigenvalue weighted by molar-refractivity contribution is 6.58. The number of hydrogen-bond donors (Lipinski definition) is 0. The van der Waals surface area contributed by atoms with Gasteiger partial charge in [-0.15, -0.1) is 0 Å². The van der Waals surface area contributed by atoms with Gasteiger partial charge in [0.25, 0.3) is 0 Å². The maximum atomic E-state index is 13.5. The molecule has 0 N–H and O–H groups in total. The molecule has 0 nitrogen and oxygen atoms in total. The molecule has 1 saturated heterocycles. The van der Waals surface area contributed by atoms with E-state index < -0.39 is 26.2 Å². The standard InChI is InChI=1S/C20H29F3Si/c1-2-9-24-10-7-16(8-11-24)14-3-5-15(6-4-14)17-12-18(21)20(23)19(22)13-17/h12-16,24H,2-11H2,1H3/t14?,15?,16-,24-/i24D. The van der Waals surface area contributed by atoms with Crippen LogP contribution in [0, 0.1) is 29.3 Å². The summed E-state index contributed by atoms with van der Waals surface area (Å²) in [5.41, 5.74) is 0.610. The molecule has 0 aromatic heterocycles. The number of halogens is 3. The largest absolute Gasteiger partial charge is 0.204 e. The van der Waals surface area contributed by atoms with Crippen molar-refractivity contribution in [1.29, 1.82) is 1.23 Å². The summed E-state index contributed by atoms with van der Waals surface area (Å²) < 4.78 is 48.7. The second-order valence-corrected chi connectivity index (χ2v) is 10.7. The van der Waals surface area contributed by atoms with Crippen molar-refractivity contribution in [2.24, 2.45) is 11.8 Å². The van der Waals surface area contributed by atoms with E-state index in [0.717, 1.165) is 56.2 Å². The highest BCUT2D eigenvalue weighted by Crippen LogP contribution is 2.43. The molecule has 4 heteroatoms. The Bertz CT molecular complexity index is 568. The van der Waals surface area contributed by atoms with E-state index in [-0.39, 0.29) is 5.92 Å². The zero-order valence-electron chi connectivity index (χ0n) is 15.6. The van der Waals surface area contributed by atoms with Crippen molar-refractivity contribution < 1.29 is 13.2 Å². The highest BCUT2D eigenvalue weighted by atomic mass is 28.3. The van der Waals surface area contributed by atoms with E-state index in [4.69, 9.17) is 1.23 Å². The minimum atomic E-state index is -1.69. The predicted molar refractivity (Wildman–Crippen MR) is 95.6 cm³/mol. The molecule has 0 unspecified atom stereocenters. The Labute approximate surface area is 146 Å². The summed E-state index contributed by atoms with van der Waals surface area (Å²) in [7, 11) is -1.69. The summed E-state index contributed by atoms with van der Waals surface area (Å²) in [5.74, 6) is -1.92. The third-order valence-electron chi connectivity index (χ3n) is 6.26. The molecule has 0 radical (unpaired) electrons. The van der Waals surface area contributed by atoms with Gasteiger partial charge in [-0.05, 0) is 61.1 Å². The zero-order valence-corrected chi connectivity index (χ0v) is 15.6. The molecule has 24 heavy (non-hydrogen) atoms. The minimum absolute atomic E-state index is 0.147. The quantitative estimate of drug-likeness (QED) is 0.431. The topological polar surface area (TPSA) is 0 Å². The van der Waals surface area contributed by atoms with Crippen molar-refractivity contribution >= 4 is 8.73 Å². The molecular weight excluding hydrogens is 325 g/mol. The van der Waals surface area contributed by atoms with Crippen molar-refractivity contribution in [2.45, 2.75) is 75.9 Å². The van der Waals surface area contributed by atoms with E-state index in [9.17, 15) is 13.2 Å². The van der Waals surface area contributed by atoms with Crippen LogP contribution in [0.1, 0.15) is 63.4 Å². The lowest BCUT2D eigenvalue weighted by Gasteiger charge is -2.37. The molecule has 0 bridgehead atoms. The summed E-state index contributed by atoms with van der Waals surface area (Å²) in [5, 5.41) is 0. The van der Waals surface area contributed by atoms with E-state index in [1.54, 1.807) is 0 Å². The van der Waals surface area contributed by atoms with Gasteiger partial charge in [-0.3, -0.25) is 0 Å². The molecule has 0 amide bonds. The van der Waals surface area contributed by atoms with Crippen molar-refractivity contribution in [1.82, 2.24) is 0 Å². The van der Waals surface area contributed by atoms with Crippen molar-refractivity contribution in [2.75, 3.05) is 0 Å². The van der Waals surface area contributed by atoms with Crippen molar-refractivity contribution in [3.8, 4) is 0 Å². The molecule has 3 rings (SSSR count). The van der Waals surface area contributed by atoms with Crippen LogP contribution in [0.2, 0.25) is 18.1 Å². The van der Waals surface area contributed by atoms with E-state index in [2.05, 4.69) is 6.92 Å². The Hall–Kier alpha value is -0.773. The molecule has 0 spiro atoms. The van der Waals surface area contributed by atoms with Crippen LogP contribution in [0.25, 0.3) is 0 Å². The van der Waals surface area contributed by atoms with Gasteiger partial charge < -0.3 is 0 Å². The number of benzene rings is 1. The predicted octanol–water partition coefficient (Wildman–Crippen LogP) is 6.42. The molecule has 2 aliphatic rings. The fourth-order valence-corrected chi connectivity index (χ4v) is 7.87. The van der Waals surface area contributed by atoms with Gasteiger partial charge >= 0.3 is 0 Å². The number of rotatable bonds is 4. The molecule has 1 aliphatic carbocycles. The second kappa shape index (κ2) is 8.07. The summed E-state index contributed by atoms with van der Waals surface area (Å²) in [6.45, 7) is 2.19. The molecule has 134 valence electrons. The molecule has 1 aromatic carbocycles. The first-order valence-electron chi connectivity index (χ1n) is 10.1. The highest BCUT2D eigenvalue weighted by Gasteiger charge is 2.31. The van der Waals surface area contributed by atoms with Gasteiger partial charge in [0.2, 0.25) is 0 Å². The Morgan fingerprint density at radius 1 is 0.958 bits per heavy atom. The first kappa shape index (κ1) is 16.7.